The highest BCUT2D eigenvalue weighted by atomic mass is 35.5. The molecule has 2 amide bonds. The summed E-state index contributed by atoms with van der Waals surface area (Å²) in [5.41, 5.74) is 0.426. The Morgan fingerprint density at radius 3 is 2.66 bits per heavy atom. The molecule has 41 heavy (non-hydrogen) atoms. The topological polar surface area (TPSA) is 148 Å². The number of pyridine rings is 1. The van der Waals surface area contributed by atoms with Gasteiger partial charge in [-0.2, -0.15) is 0 Å². The molecular formula is C26H29ClF2N3O8P. The summed E-state index contributed by atoms with van der Waals surface area (Å²) in [6.07, 6.45) is -1.02. The maximum atomic E-state index is 13.8. The molecule has 0 radical (unpaired) electrons. The lowest BCUT2D eigenvalue weighted by Crippen LogP contribution is -2.43. The maximum Gasteiger partial charge on any atom is 0.471 e. The molecule has 1 aromatic heterocycles. The van der Waals surface area contributed by atoms with E-state index in [1.54, 1.807) is 6.07 Å². The van der Waals surface area contributed by atoms with Gasteiger partial charge in [0.1, 0.15) is 24.1 Å². The van der Waals surface area contributed by atoms with E-state index in [1.807, 2.05) is 0 Å². The third-order valence-corrected chi connectivity index (χ3v) is 7.47. The van der Waals surface area contributed by atoms with E-state index in [2.05, 4.69) is 19.3 Å². The third-order valence-electron chi connectivity index (χ3n) is 6.11. The molecular weight excluding hydrogens is 587 g/mol. The highest BCUT2D eigenvalue weighted by Gasteiger charge is 2.27. The van der Waals surface area contributed by atoms with Crippen molar-refractivity contribution in [1.29, 1.82) is 0 Å². The van der Waals surface area contributed by atoms with E-state index in [0.717, 1.165) is 7.11 Å². The largest absolute Gasteiger partial charge is 0.471 e. The van der Waals surface area contributed by atoms with Gasteiger partial charge in [-0.15, -0.1) is 0 Å². The summed E-state index contributed by atoms with van der Waals surface area (Å²) in [7, 11) is -1.99. The number of aromatic nitrogens is 1. The number of nitrogens with one attached hydrogen (secondary N) is 1. The predicted octanol–water partition coefficient (Wildman–Crippen LogP) is 4.69. The van der Waals surface area contributed by atoms with Crippen LogP contribution in [0.5, 0.6) is 0 Å². The molecule has 3 atom stereocenters. The van der Waals surface area contributed by atoms with Crippen molar-refractivity contribution in [2.24, 2.45) is 0 Å². The van der Waals surface area contributed by atoms with Crippen molar-refractivity contribution in [3.8, 4) is 0 Å². The molecule has 0 fully saturated rings. The Morgan fingerprint density at radius 1 is 1.17 bits per heavy atom. The Bertz CT molecular complexity index is 1430. The van der Waals surface area contributed by atoms with Crippen LogP contribution < -0.4 is 5.32 Å². The van der Waals surface area contributed by atoms with Gasteiger partial charge in [0.25, 0.3) is 0 Å². The monoisotopic (exact) mass is 615 g/mol. The lowest BCUT2D eigenvalue weighted by atomic mass is 10.1. The number of carbonyl (C=O) groups excluding carboxylic acids is 2. The van der Waals surface area contributed by atoms with Crippen molar-refractivity contribution in [2.45, 2.75) is 31.4 Å². The zero-order chi connectivity index (χ0) is 30.2. The van der Waals surface area contributed by atoms with Crippen molar-refractivity contribution in [2.75, 3.05) is 32.7 Å². The molecule has 2 unspecified atom stereocenters. The number of nitrogens with zero attached hydrogens (tertiary/aromatic N) is 2. The Balaban J connectivity index is 1.66. The van der Waals surface area contributed by atoms with Crippen LogP contribution in [0.1, 0.15) is 18.4 Å². The number of phosphoric ester groups is 1. The van der Waals surface area contributed by atoms with E-state index in [0.29, 0.717) is 16.3 Å². The van der Waals surface area contributed by atoms with E-state index in [1.165, 1.54) is 54.5 Å². The normalized spacial score (nSPS) is 14.2. The SMILES string of the molecule is COP(=O)(O)OCC(O)C[C@@H](COC(=O)Nc1cc2cc(F)ccc2cn1)N(C)C(=O)CCc1cccc(F)c1Cl. The summed E-state index contributed by atoms with van der Waals surface area (Å²) in [6.45, 7) is -1.00. The molecule has 0 spiro atoms. The summed E-state index contributed by atoms with van der Waals surface area (Å²) < 4.78 is 53.2. The number of fused-ring (bicyclic) bond motifs is 1. The lowest BCUT2D eigenvalue weighted by molar-refractivity contribution is -0.133. The first-order valence-electron chi connectivity index (χ1n) is 12.3. The van der Waals surface area contributed by atoms with Crippen molar-refractivity contribution < 1.29 is 46.7 Å². The second-order valence-electron chi connectivity index (χ2n) is 8.99. The number of aliphatic hydroxyl groups is 1. The van der Waals surface area contributed by atoms with Crippen LogP contribution in [-0.4, -0.2) is 71.4 Å². The third kappa shape index (κ3) is 9.70. The number of hydrogen-bond acceptors (Lipinski definition) is 8. The first-order valence-corrected chi connectivity index (χ1v) is 14.1. The van der Waals surface area contributed by atoms with E-state index in [-0.39, 0.29) is 30.1 Å². The quantitative estimate of drug-likeness (QED) is 0.233. The van der Waals surface area contributed by atoms with Crippen LogP contribution in [0.4, 0.5) is 19.4 Å². The van der Waals surface area contributed by atoms with E-state index < -0.39 is 56.8 Å². The Hall–Kier alpha value is -3.19. The molecule has 3 aromatic rings. The van der Waals surface area contributed by atoms with Gasteiger partial charge in [0.15, 0.2) is 0 Å². The number of halogens is 3. The number of phosphoric acid groups is 1. The zero-order valence-electron chi connectivity index (χ0n) is 22.1. The van der Waals surface area contributed by atoms with Crippen molar-refractivity contribution in [1.82, 2.24) is 9.88 Å². The fourth-order valence-corrected chi connectivity index (χ4v) is 4.50. The number of amides is 2. The minimum Gasteiger partial charge on any atom is -0.447 e. The predicted molar refractivity (Wildman–Crippen MR) is 146 cm³/mol. The van der Waals surface area contributed by atoms with E-state index in [9.17, 15) is 32.9 Å². The number of likely N-dealkylation sites (N-methyl/N-ethyl adjacent to an activating group) is 1. The highest BCUT2D eigenvalue weighted by molar-refractivity contribution is 7.47. The van der Waals surface area contributed by atoms with Crippen LogP contribution in [0.25, 0.3) is 10.8 Å². The van der Waals surface area contributed by atoms with Crippen LogP contribution in [0.15, 0.2) is 48.7 Å². The molecule has 11 nitrogen and oxygen atoms in total. The molecule has 15 heteroatoms. The van der Waals surface area contributed by atoms with Crippen LogP contribution in [0, 0.1) is 11.6 Å². The molecule has 222 valence electrons. The number of ether oxygens (including phenoxy) is 1. The lowest BCUT2D eigenvalue weighted by Gasteiger charge is -2.30. The summed E-state index contributed by atoms with van der Waals surface area (Å²) in [4.78, 5) is 40.2. The zero-order valence-corrected chi connectivity index (χ0v) is 23.8. The number of rotatable bonds is 13. The molecule has 0 bridgehead atoms. The molecule has 0 aliphatic heterocycles. The van der Waals surface area contributed by atoms with Gasteiger partial charge >= 0.3 is 13.9 Å². The average Bonchev–Trinajstić information content (AvgIpc) is 2.94. The minimum absolute atomic E-state index is 0.0813. The van der Waals surface area contributed by atoms with Crippen molar-refractivity contribution in [3.63, 3.8) is 0 Å². The first kappa shape index (κ1) is 32.3. The second kappa shape index (κ2) is 14.6. The maximum absolute atomic E-state index is 13.8. The van der Waals surface area contributed by atoms with Crippen molar-refractivity contribution in [3.05, 3.63) is 70.9 Å². The molecule has 3 N–H and O–H groups in total. The van der Waals surface area contributed by atoms with Crippen LogP contribution >= 0.6 is 19.4 Å². The standard InChI is InChI=1S/C26H29ClF2N3O8P/c1-32(24(34)9-7-16-4-3-5-22(29)25(16)27)20(12-21(33)15-40-41(36,37)38-2)14-39-26(35)31-23-11-18-10-19(28)8-6-17(18)13-30-23/h3-6,8,10-11,13,20-21,33H,7,9,12,14-15H2,1-2H3,(H,36,37)(H,30,31,35)/t20-,21?/m0/s1. The fourth-order valence-electron chi connectivity index (χ4n) is 3.81. The number of aryl methyl sites for hydroxylation is 1. The van der Waals surface area contributed by atoms with Gasteiger partial charge in [0.05, 0.1) is 23.8 Å². The van der Waals surface area contributed by atoms with Gasteiger partial charge in [-0.05, 0) is 54.1 Å². The van der Waals surface area contributed by atoms with E-state index in [4.69, 9.17) is 16.3 Å². The first-order chi connectivity index (χ1) is 19.4. The number of benzene rings is 2. The van der Waals surface area contributed by atoms with Crippen molar-refractivity contribution >= 4 is 48.0 Å². The van der Waals surface area contributed by atoms with Crippen LogP contribution in [0.3, 0.4) is 0 Å². The summed E-state index contributed by atoms with van der Waals surface area (Å²) in [6, 6.07) is 8.89. The van der Waals surface area contributed by atoms with E-state index >= 15 is 0 Å². The minimum atomic E-state index is -4.37. The number of anilines is 1. The summed E-state index contributed by atoms with van der Waals surface area (Å²) >= 11 is 5.97. The van der Waals surface area contributed by atoms with Gasteiger partial charge in [-0.25, -0.2) is 23.1 Å². The Kier molecular flexibility index (Phi) is 11.5. The highest BCUT2D eigenvalue weighted by Crippen LogP contribution is 2.42. The Labute approximate surface area is 239 Å². The van der Waals surface area contributed by atoms with Crippen LogP contribution in [0.2, 0.25) is 5.02 Å². The molecule has 0 aliphatic rings. The number of hydrogen-bond donors (Lipinski definition) is 3. The summed E-state index contributed by atoms with van der Waals surface area (Å²) in [5.74, 6) is -1.42. The van der Waals surface area contributed by atoms with Gasteiger partial charge in [-0.1, -0.05) is 23.7 Å². The molecule has 2 aromatic carbocycles. The number of aliphatic hydroxyl groups excluding tert-OH is 1. The van der Waals surface area contributed by atoms with Gasteiger partial charge in [-0.3, -0.25) is 19.2 Å². The second-order valence-corrected chi connectivity index (χ2v) is 10.9. The fraction of sp³-hybridized carbons (Fsp3) is 0.346. The molecule has 3 rings (SSSR count). The molecule has 0 aliphatic carbocycles. The van der Waals surface area contributed by atoms with Gasteiger partial charge in [0, 0.05) is 32.2 Å². The molecule has 1 heterocycles. The van der Waals surface area contributed by atoms with Crippen LogP contribution in [-0.2, 0) is 29.6 Å². The van der Waals surface area contributed by atoms with Gasteiger partial charge < -0.3 is 19.6 Å². The molecule has 0 saturated carbocycles. The molecule has 0 saturated heterocycles. The average molecular weight is 616 g/mol. The summed E-state index contributed by atoms with van der Waals surface area (Å²) in [5, 5.41) is 13.9. The smallest absolute Gasteiger partial charge is 0.447 e. The Morgan fingerprint density at radius 2 is 1.93 bits per heavy atom. The number of carbonyl (C=O) groups is 2. The van der Waals surface area contributed by atoms with Gasteiger partial charge in [0.2, 0.25) is 5.91 Å².